The number of rotatable bonds is 0. The predicted molar refractivity (Wildman–Crippen MR) is 80.2 cm³/mol. The Morgan fingerprint density at radius 2 is 1.44 bits per heavy atom. The van der Waals surface area contributed by atoms with Crippen molar-refractivity contribution in [2.75, 3.05) is 0 Å². The van der Waals surface area contributed by atoms with E-state index in [1.165, 1.54) is 21.9 Å². The highest BCUT2D eigenvalue weighted by Gasteiger charge is 2.25. The third kappa shape index (κ3) is 2.43. The largest absolute Gasteiger partial charge is 0.0616 e. The fraction of sp³-hybridized carbons (Fsp3) is 0.444. The highest BCUT2D eigenvalue weighted by Crippen LogP contribution is 2.36. The van der Waals surface area contributed by atoms with Gasteiger partial charge in [0.2, 0.25) is 0 Å². The maximum atomic E-state index is 3.64. The SMILES string of the molecule is CC(C)(C)c1[c]c2ccccc2cc1C(C)(C)C. The topological polar surface area (TPSA) is 0 Å². The summed E-state index contributed by atoms with van der Waals surface area (Å²) >= 11 is 0. The summed E-state index contributed by atoms with van der Waals surface area (Å²) in [6, 6.07) is 14.5. The first-order valence-electron chi connectivity index (χ1n) is 6.65. The van der Waals surface area contributed by atoms with Gasteiger partial charge in [-0.1, -0.05) is 71.9 Å². The molecule has 0 fully saturated rings. The first-order valence-corrected chi connectivity index (χ1v) is 6.65. The van der Waals surface area contributed by atoms with E-state index in [4.69, 9.17) is 0 Å². The smallest absolute Gasteiger partial charge is 0.00557 e. The lowest BCUT2D eigenvalue weighted by molar-refractivity contribution is 0.531. The maximum absolute atomic E-state index is 3.64. The Kier molecular flexibility index (Phi) is 3.01. The van der Waals surface area contributed by atoms with E-state index in [2.05, 4.69) is 77.9 Å². The van der Waals surface area contributed by atoms with Crippen LogP contribution >= 0.6 is 0 Å². The van der Waals surface area contributed by atoms with E-state index in [-0.39, 0.29) is 10.8 Å². The number of benzene rings is 2. The lowest BCUT2D eigenvalue weighted by Crippen LogP contribution is -2.22. The molecule has 0 saturated heterocycles. The van der Waals surface area contributed by atoms with Crippen molar-refractivity contribution in [1.29, 1.82) is 0 Å². The summed E-state index contributed by atoms with van der Waals surface area (Å²) in [7, 11) is 0. The Balaban J connectivity index is 2.81. The third-order valence-electron chi connectivity index (χ3n) is 3.35. The van der Waals surface area contributed by atoms with Crippen molar-refractivity contribution in [2.45, 2.75) is 52.4 Å². The molecule has 0 bridgehead atoms. The van der Waals surface area contributed by atoms with Crippen molar-refractivity contribution in [3.63, 3.8) is 0 Å². The summed E-state index contributed by atoms with van der Waals surface area (Å²) < 4.78 is 0. The van der Waals surface area contributed by atoms with Crippen LogP contribution in [-0.4, -0.2) is 0 Å². The monoisotopic (exact) mass is 239 g/mol. The van der Waals surface area contributed by atoms with Crippen LogP contribution in [0.4, 0.5) is 0 Å². The van der Waals surface area contributed by atoms with Crippen LogP contribution in [0, 0.1) is 6.07 Å². The standard InChI is InChI=1S/C18H23/c1-17(2,3)15-11-13-9-7-8-10-14(13)12-16(15)18(4,5)6/h7-11H,1-6H3. The van der Waals surface area contributed by atoms with Gasteiger partial charge in [-0.05, 0) is 38.8 Å². The van der Waals surface area contributed by atoms with Crippen LogP contribution in [0.15, 0.2) is 30.3 Å². The van der Waals surface area contributed by atoms with Gasteiger partial charge in [-0.2, -0.15) is 0 Å². The molecule has 0 saturated carbocycles. The molecule has 2 rings (SSSR count). The fourth-order valence-electron chi connectivity index (χ4n) is 2.35. The van der Waals surface area contributed by atoms with Crippen LogP contribution in [0.3, 0.4) is 0 Å². The zero-order chi connectivity index (χ0) is 13.6. The molecule has 0 heteroatoms. The second kappa shape index (κ2) is 4.12. The van der Waals surface area contributed by atoms with E-state index in [1.807, 2.05) is 0 Å². The average Bonchev–Trinajstić information content (AvgIpc) is 2.25. The van der Waals surface area contributed by atoms with Crippen LogP contribution < -0.4 is 0 Å². The third-order valence-corrected chi connectivity index (χ3v) is 3.35. The molecule has 0 aliphatic rings. The van der Waals surface area contributed by atoms with E-state index in [0.717, 1.165) is 0 Å². The molecule has 2 aromatic carbocycles. The van der Waals surface area contributed by atoms with Crippen LogP contribution in [0.2, 0.25) is 0 Å². The molecule has 0 N–H and O–H groups in total. The molecule has 0 atom stereocenters. The first-order chi connectivity index (χ1) is 8.19. The van der Waals surface area contributed by atoms with E-state index < -0.39 is 0 Å². The van der Waals surface area contributed by atoms with Crippen molar-refractivity contribution < 1.29 is 0 Å². The number of hydrogen-bond donors (Lipinski definition) is 0. The first kappa shape index (κ1) is 13.1. The molecule has 18 heavy (non-hydrogen) atoms. The van der Waals surface area contributed by atoms with Crippen molar-refractivity contribution >= 4 is 10.8 Å². The molecular weight excluding hydrogens is 216 g/mol. The van der Waals surface area contributed by atoms with Gasteiger partial charge in [-0.3, -0.25) is 0 Å². The predicted octanol–water partition coefficient (Wildman–Crippen LogP) is 5.23. The average molecular weight is 239 g/mol. The molecule has 0 unspecified atom stereocenters. The normalized spacial score (nSPS) is 13.0. The molecular formula is C18H23. The summed E-state index contributed by atoms with van der Waals surface area (Å²) in [4.78, 5) is 0. The van der Waals surface area contributed by atoms with Gasteiger partial charge in [-0.15, -0.1) is 0 Å². The zero-order valence-electron chi connectivity index (χ0n) is 12.4. The molecule has 95 valence electrons. The quantitative estimate of drug-likeness (QED) is 0.590. The molecule has 0 aliphatic heterocycles. The molecule has 0 aliphatic carbocycles. The van der Waals surface area contributed by atoms with Gasteiger partial charge in [0.15, 0.2) is 0 Å². The Morgan fingerprint density at radius 3 is 2.00 bits per heavy atom. The van der Waals surface area contributed by atoms with Gasteiger partial charge >= 0.3 is 0 Å². The van der Waals surface area contributed by atoms with Gasteiger partial charge in [0.25, 0.3) is 0 Å². The summed E-state index contributed by atoms with van der Waals surface area (Å²) in [5.74, 6) is 0. The highest BCUT2D eigenvalue weighted by atomic mass is 14.3. The summed E-state index contributed by atoms with van der Waals surface area (Å²) in [6.45, 7) is 13.6. The second-order valence-corrected chi connectivity index (χ2v) is 7.15. The zero-order valence-corrected chi connectivity index (χ0v) is 12.4. The summed E-state index contributed by atoms with van der Waals surface area (Å²) in [5.41, 5.74) is 3.04. The van der Waals surface area contributed by atoms with Gasteiger partial charge in [0, 0.05) is 0 Å². The minimum atomic E-state index is 0.132. The Labute approximate surface area is 111 Å². The molecule has 0 nitrogen and oxygen atoms in total. The number of fused-ring (bicyclic) bond motifs is 1. The molecule has 0 amide bonds. The van der Waals surface area contributed by atoms with Gasteiger partial charge in [0.05, 0.1) is 0 Å². The minimum absolute atomic E-state index is 0.132. The lowest BCUT2D eigenvalue weighted by atomic mass is 9.74. The number of hydrogen-bond acceptors (Lipinski definition) is 0. The van der Waals surface area contributed by atoms with E-state index in [0.29, 0.717) is 0 Å². The maximum Gasteiger partial charge on any atom is -0.00557 e. The van der Waals surface area contributed by atoms with Gasteiger partial charge < -0.3 is 0 Å². The molecule has 1 radical (unpaired) electrons. The second-order valence-electron chi connectivity index (χ2n) is 7.15. The highest BCUT2D eigenvalue weighted by molar-refractivity contribution is 5.84. The van der Waals surface area contributed by atoms with Crippen LogP contribution in [-0.2, 0) is 10.8 Å². The van der Waals surface area contributed by atoms with Crippen molar-refractivity contribution in [3.8, 4) is 0 Å². The minimum Gasteiger partial charge on any atom is -0.0616 e. The molecule has 0 spiro atoms. The van der Waals surface area contributed by atoms with E-state index in [9.17, 15) is 0 Å². The molecule has 0 heterocycles. The Bertz CT molecular complexity index is 510. The Hall–Kier alpha value is -1.30. The van der Waals surface area contributed by atoms with E-state index >= 15 is 0 Å². The van der Waals surface area contributed by atoms with Gasteiger partial charge in [-0.25, -0.2) is 0 Å². The van der Waals surface area contributed by atoms with Crippen molar-refractivity contribution in [2.24, 2.45) is 0 Å². The van der Waals surface area contributed by atoms with Crippen molar-refractivity contribution in [3.05, 3.63) is 47.5 Å². The fourth-order valence-corrected chi connectivity index (χ4v) is 2.35. The molecule has 2 aromatic rings. The van der Waals surface area contributed by atoms with Crippen molar-refractivity contribution in [1.82, 2.24) is 0 Å². The van der Waals surface area contributed by atoms with Gasteiger partial charge in [0.1, 0.15) is 0 Å². The summed E-state index contributed by atoms with van der Waals surface area (Å²) in [5, 5.41) is 2.51. The summed E-state index contributed by atoms with van der Waals surface area (Å²) in [6.07, 6.45) is 0. The molecule has 0 aromatic heterocycles. The Morgan fingerprint density at radius 1 is 0.833 bits per heavy atom. The van der Waals surface area contributed by atoms with Crippen LogP contribution in [0.1, 0.15) is 52.7 Å². The van der Waals surface area contributed by atoms with Crippen LogP contribution in [0.25, 0.3) is 10.8 Å². The van der Waals surface area contributed by atoms with E-state index in [1.54, 1.807) is 0 Å². The lowest BCUT2D eigenvalue weighted by Gasteiger charge is -2.30. The van der Waals surface area contributed by atoms with Crippen LogP contribution in [0.5, 0.6) is 0 Å².